The number of fused-ring (bicyclic) bond motifs is 1. The number of rotatable bonds is 6. The highest BCUT2D eigenvalue weighted by atomic mass is 16.6. The van der Waals surface area contributed by atoms with Crippen molar-refractivity contribution in [2.45, 2.75) is 30.7 Å². The Balaban J connectivity index is 1.74. The molecule has 1 aromatic heterocycles. The number of hydrogen-bond donors (Lipinski definition) is 7. The lowest BCUT2D eigenvalue weighted by Gasteiger charge is -2.38. The lowest BCUT2D eigenvalue weighted by atomic mass is 9.99. The Bertz CT molecular complexity index is 1330. The predicted octanol–water partition coefficient (Wildman–Crippen LogP) is -0.227. The maximum Gasteiger partial charge on any atom is 0.239 e. The molecule has 0 aliphatic carbocycles. The number of phenols is 3. The second kappa shape index (κ2) is 9.72. The third-order valence-corrected chi connectivity index (χ3v) is 5.75. The molecule has 7 N–H and O–H groups in total. The topological polar surface area (TPSA) is 209 Å². The molecule has 2 aromatic carbocycles. The van der Waals surface area contributed by atoms with Crippen LogP contribution in [0.5, 0.6) is 34.5 Å². The lowest BCUT2D eigenvalue weighted by molar-refractivity contribution is -0.285. The minimum absolute atomic E-state index is 0.0312. The van der Waals surface area contributed by atoms with Gasteiger partial charge in [-0.1, -0.05) is 0 Å². The molecule has 4 rings (SSSR count). The molecule has 0 spiro atoms. The van der Waals surface area contributed by atoms with Crippen molar-refractivity contribution in [2.24, 2.45) is 0 Å². The van der Waals surface area contributed by atoms with Crippen molar-refractivity contribution >= 4 is 11.0 Å². The molecule has 0 saturated carbocycles. The average molecular weight is 508 g/mol. The standard InChI is InChI=1S/C23H24O13/c1-32-13-4-8(3-11(25)16(13)26)21-22(33-2)18(28)15-10(24)5-9(6-12(15)35-21)34-7-14-17(27)19(29)20(30)23(31)36-14/h3-6,14,17,19-20,23-27,29-31H,7H2,1-2H3. The number of methoxy groups -OCH3 is 2. The molecule has 0 amide bonds. The first-order valence-electron chi connectivity index (χ1n) is 10.6. The molecule has 5 atom stereocenters. The minimum atomic E-state index is -1.76. The maximum absolute atomic E-state index is 13.1. The maximum atomic E-state index is 13.1. The summed E-state index contributed by atoms with van der Waals surface area (Å²) in [6.45, 7) is -0.413. The fourth-order valence-electron chi connectivity index (χ4n) is 3.84. The van der Waals surface area contributed by atoms with Crippen LogP contribution in [0, 0.1) is 0 Å². The highest BCUT2D eigenvalue weighted by Gasteiger charge is 2.43. The monoisotopic (exact) mass is 508 g/mol. The van der Waals surface area contributed by atoms with Crippen LogP contribution in [0.3, 0.4) is 0 Å². The van der Waals surface area contributed by atoms with E-state index in [0.717, 1.165) is 12.1 Å². The van der Waals surface area contributed by atoms with E-state index in [2.05, 4.69) is 0 Å². The van der Waals surface area contributed by atoms with Crippen molar-refractivity contribution < 1.29 is 59.1 Å². The molecule has 1 fully saturated rings. The van der Waals surface area contributed by atoms with Crippen LogP contribution < -0.4 is 19.6 Å². The van der Waals surface area contributed by atoms with Gasteiger partial charge in [0.25, 0.3) is 0 Å². The number of benzene rings is 2. The Morgan fingerprint density at radius 2 is 1.61 bits per heavy atom. The SMILES string of the molecule is COc1cc(-c2oc3cc(OCC4OC(O)C(O)C(O)C4O)cc(O)c3c(=O)c2OC)cc(O)c1O. The van der Waals surface area contributed by atoms with Crippen LogP contribution in [-0.4, -0.2) is 87.3 Å². The van der Waals surface area contributed by atoms with Crippen LogP contribution in [0.4, 0.5) is 0 Å². The average Bonchev–Trinajstić information content (AvgIpc) is 2.85. The summed E-state index contributed by atoms with van der Waals surface area (Å²) in [6, 6.07) is 4.78. The third kappa shape index (κ3) is 4.34. The second-order valence-electron chi connectivity index (χ2n) is 8.00. The molecular weight excluding hydrogens is 484 g/mol. The molecular formula is C23H24O13. The van der Waals surface area contributed by atoms with Crippen molar-refractivity contribution in [1.82, 2.24) is 0 Å². The third-order valence-electron chi connectivity index (χ3n) is 5.75. The van der Waals surface area contributed by atoms with Crippen LogP contribution >= 0.6 is 0 Å². The molecule has 5 unspecified atom stereocenters. The molecule has 1 aliphatic rings. The largest absolute Gasteiger partial charge is 0.507 e. The summed E-state index contributed by atoms with van der Waals surface area (Å²) < 4.78 is 26.6. The molecule has 1 aliphatic heterocycles. The van der Waals surface area contributed by atoms with E-state index in [0.29, 0.717) is 0 Å². The van der Waals surface area contributed by atoms with Gasteiger partial charge in [-0.05, 0) is 12.1 Å². The van der Waals surface area contributed by atoms with Crippen molar-refractivity contribution in [3.05, 3.63) is 34.5 Å². The fourth-order valence-corrected chi connectivity index (χ4v) is 3.84. The van der Waals surface area contributed by atoms with Gasteiger partial charge in [0.1, 0.15) is 53.5 Å². The van der Waals surface area contributed by atoms with Crippen LogP contribution in [0.1, 0.15) is 0 Å². The van der Waals surface area contributed by atoms with Gasteiger partial charge in [0.05, 0.1) is 14.2 Å². The van der Waals surface area contributed by atoms with Gasteiger partial charge in [-0.2, -0.15) is 0 Å². The normalized spacial score (nSPS) is 24.0. The summed E-state index contributed by atoms with van der Waals surface area (Å²) in [5.74, 6) is -2.16. The van der Waals surface area contributed by atoms with E-state index >= 15 is 0 Å². The molecule has 36 heavy (non-hydrogen) atoms. The molecule has 13 nitrogen and oxygen atoms in total. The van der Waals surface area contributed by atoms with Gasteiger partial charge in [0.2, 0.25) is 16.9 Å². The van der Waals surface area contributed by atoms with Crippen molar-refractivity contribution in [3.8, 4) is 45.8 Å². The van der Waals surface area contributed by atoms with Crippen molar-refractivity contribution in [3.63, 3.8) is 0 Å². The second-order valence-corrected chi connectivity index (χ2v) is 8.00. The number of phenolic OH excluding ortho intramolecular Hbond substituents is 3. The summed E-state index contributed by atoms with van der Waals surface area (Å²) >= 11 is 0. The first-order valence-corrected chi connectivity index (χ1v) is 10.6. The minimum Gasteiger partial charge on any atom is -0.507 e. The summed E-state index contributed by atoms with van der Waals surface area (Å²) in [7, 11) is 2.47. The van der Waals surface area contributed by atoms with E-state index in [1.165, 1.54) is 26.4 Å². The van der Waals surface area contributed by atoms with E-state index in [1.54, 1.807) is 0 Å². The van der Waals surface area contributed by atoms with Gasteiger partial charge in [0.15, 0.2) is 23.5 Å². The Hall–Kier alpha value is -3.75. The molecule has 2 heterocycles. The van der Waals surface area contributed by atoms with Gasteiger partial charge >= 0.3 is 0 Å². The number of aromatic hydroxyl groups is 3. The molecule has 0 bridgehead atoms. The van der Waals surface area contributed by atoms with E-state index in [4.69, 9.17) is 23.4 Å². The van der Waals surface area contributed by atoms with E-state index in [9.17, 15) is 40.5 Å². The highest BCUT2D eigenvalue weighted by Crippen LogP contribution is 2.43. The number of hydrogen-bond acceptors (Lipinski definition) is 13. The molecule has 194 valence electrons. The first-order chi connectivity index (χ1) is 17.1. The molecule has 0 radical (unpaired) electrons. The van der Waals surface area contributed by atoms with Crippen LogP contribution in [-0.2, 0) is 4.74 Å². The Morgan fingerprint density at radius 3 is 2.28 bits per heavy atom. The summed E-state index contributed by atoms with van der Waals surface area (Å²) in [6.07, 6.45) is -7.96. The molecule has 3 aromatic rings. The zero-order valence-corrected chi connectivity index (χ0v) is 19.0. The van der Waals surface area contributed by atoms with Gasteiger partial charge in [-0.25, -0.2) is 0 Å². The molecule has 13 heteroatoms. The Morgan fingerprint density at radius 1 is 0.889 bits per heavy atom. The quantitative estimate of drug-likeness (QED) is 0.215. The fraction of sp³-hybridized carbons (Fsp3) is 0.348. The van der Waals surface area contributed by atoms with E-state index < -0.39 is 60.0 Å². The van der Waals surface area contributed by atoms with Gasteiger partial charge in [0, 0.05) is 17.7 Å². The van der Waals surface area contributed by atoms with Crippen molar-refractivity contribution in [2.75, 3.05) is 20.8 Å². The van der Waals surface area contributed by atoms with E-state index in [1.807, 2.05) is 0 Å². The summed E-state index contributed by atoms with van der Waals surface area (Å²) in [5.41, 5.74) is -0.766. The van der Waals surface area contributed by atoms with Crippen LogP contribution in [0.2, 0.25) is 0 Å². The van der Waals surface area contributed by atoms with Gasteiger partial charge in [-0.15, -0.1) is 0 Å². The lowest BCUT2D eigenvalue weighted by Crippen LogP contribution is -2.58. The summed E-state index contributed by atoms with van der Waals surface area (Å²) in [4.78, 5) is 13.1. The predicted molar refractivity (Wildman–Crippen MR) is 120 cm³/mol. The highest BCUT2D eigenvalue weighted by molar-refractivity contribution is 5.88. The molecule has 1 saturated heterocycles. The zero-order valence-electron chi connectivity index (χ0n) is 19.0. The van der Waals surface area contributed by atoms with Crippen molar-refractivity contribution in [1.29, 1.82) is 0 Å². The van der Waals surface area contributed by atoms with Gasteiger partial charge < -0.3 is 59.1 Å². The van der Waals surface area contributed by atoms with E-state index in [-0.39, 0.29) is 39.5 Å². The Kier molecular flexibility index (Phi) is 6.84. The Labute approximate surface area is 202 Å². The van der Waals surface area contributed by atoms with Gasteiger partial charge in [-0.3, -0.25) is 4.79 Å². The zero-order chi connectivity index (χ0) is 26.3. The first kappa shape index (κ1) is 25.3. The number of ether oxygens (including phenoxy) is 4. The summed E-state index contributed by atoms with van der Waals surface area (Å²) in [5, 5.41) is 69.4. The van der Waals surface area contributed by atoms with Crippen LogP contribution in [0.15, 0.2) is 33.5 Å². The number of aliphatic hydroxyl groups excluding tert-OH is 4. The smallest absolute Gasteiger partial charge is 0.239 e. The van der Waals surface area contributed by atoms with Crippen LogP contribution in [0.25, 0.3) is 22.3 Å². The number of aliphatic hydroxyl groups is 4.